The molecule has 1 aromatic carbocycles. The van der Waals surface area contributed by atoms with Crippen LogP contribution < -0.4 is 10.7 Å². The Kier molecular flexibility index (Phi) is 5.54. The first-order valence-electron chi connectivity index (χ1n) is 8.93. The minimum absolute atomic E-state index is 0.104. The SMILES string of the molecule is CCOC(=O)c1cn(CC(=O)Nc2cccc(C)c2)c2nc(C)ccc2c1=O. The van der Waals surface area contributed by atoms with Crippen LogP contribution in [-0.4, -0.2) is 28.0 Å². The van der Waals surface area contributed by atoms with Crippen molar-refractivity contribution in [3.05, 3.63) is 69.6 Å². The van der Waals surface area contributed by atoms with Crippen LogP contribution in [0.3, 0.4) is 0 Å². The first-order valence-corrected chi connectivity index (χ1v) is 8.93. The molecule has 0 radical (unpaired) electrons. The minimum Gasteiger partial charge on any atom is -0.462 e. The summed E-state index contributed by atoms with van der Waals surface area (Å²) in [7, 11) is 0. The van der Waals surface area contributed by atoms with Gasteiger partial charge >= 0.3 is 5.97 Å². The smallest absolute Gasteiger partial charge is 0.343 e. The van der Waals surface area contributed by atoms with Crippen molar-refractivity contribution < 1.29 is 14.3 Å². The number of rotatable bonds is 5. The van der Waals surface area contributed by atoms with Crippen molar-refractivity contribution in [3.8, 4) is 0 Å². The van der Waals surface area contributed by atoms with Crippen molar-refractivity contribution in [3.63, 3.8) is 0 Å². The molecule has 0 unspecified atom stereocenters. The fraction of sp³-hybridized carbons (Fsp3) is 0.238. The zero-order valence-electron chi connectivity index (χ0n) is 16.0. The molecule has 0 saturated heterocycles. The second-order valence-electron chi connectivity index (χ2n) is 6.46. The first-order chi connectivity index (χ1) is 13.4. The van der Waals surface area contributed by atoms with E-state index in [-0.39, 0.29) is 30.0 Å². The molecule has 0 aliphatic carbocycles. The highest BCUT2D eigenvalue weighted by Crippen LogP contribution is 2.13. The maximum Gasteiger partial charge on any atom is 0.343 e. The monoisotopic (exact) mass is 379 g/mol. The van der Waals surface area contributed by atoms with Gasteiger partial charge in [0.05, 0.1) is 12.0 Å². The summed E-state index contributed by atoms with van der Waals surface area (Å²) in [6.07, 6.45) is 1.34. The molecule has 2 aromatic heterocycles. The van der Waals surface area contributed by atoms with Gasteiger partial charge in [-0.3, -0.25) is 9.59 Å². The van der Waals surface area contributed by atoms with E-state index in [9.17, 15) is 14.4 Å². The number of anilines is 1. The van der Waals surface area contributed by atoms with E-state index in [1.165, 1.54) is 10.8 Å². The number of fused-ring (bicyclic) bond motifs is 1. The molecule has 1 amide bonds. The van der Waals surface area contributed by atoms with Crippen molar-refractivity contribution in [2.45, 2.75) is 27.3 Å². The van der Waals surface area contributed by atoms with E-state index in [1.54, 1.807) is 32.0 Å². The van der Waals surface area contributed by atoms with Crippen LogP contribution in [0.5, 0.6) is 0 Å². The number of pyridine rings is 2. The lowest BCUT2D eigenvalue weighted by Crippen LogP contribution is -2.25. The lowest BCUT2D eigenvalue weighted by atomic mass is 10.2. The van der Waals surface area contributed by atoms with E-state index in [2.05, 4.69) is 10.3 Å². The molecule has 2 heterocycles. The molecular formula is C21H21N3O4. The molecule has 3 rings (SSSR count). The van der Waals surface area contributed by atoms with E-state index >= 15 is 0 Å². The number of esters is 1. The first kappa shape index (κ1) is 19.3. The topological polar surface area (TPSA) is 90.3 Å². The van der Waals surface area contributed by atoms with Gasteiger partial charge in [-0.25, -0.2) is 9.78 Å². The predicted octanol–water partition coefficient (Wildman–Crippen LogP) is 2.83. The third-order valence-electron chi connectivity index (χ3n) is 4.17. The average molecular weight is 379 g/mol. The summed E-state index contributed by atoms with van der Waals surface area (Å²) in [5.74, 6) is -1.02. The Labute approximate surface area is 162 Å². The number of carbonyl (C=O) groups is 2. The highest BCUT2D eigenvalue weighted by atomic mass is 16.5. The third-order valence-corrected chi connectivity index (χ3v) is 4.17. The molecule has 0 saturated carbocycles. The standard InChI is InChI=1S/C21H21N3O4/c1-4-28-21(27)17-11-24(20-16(19(17)26)9-8-14(3)22-20)12-18(25)23-15-7-5-6-13(2)10-15/h5-11H,4,12H2,1-3H3,(H,23,25). The van der Waals surface area contributed by atoms with Crippen molar-refractivity contribution in [2.75, 3.05) is 11.9 Å². The molecule has 0 aliphatic rings. The molecule has 1 N–H and O–H groups in total. The zero-order valence-corrected chi connectivity index (χ0v) is 16.0. The Bertz CT molecular complexity index is 1120. The Balaban J connectivity index is 2.02. The Morgan fingerprint density at radius 3 is 2.68 bits per heavy atom. The predicted molar refractivity (Wildman–Crippen MR) is 107 cm³/mol. The van der Waals surface area contributed by atoms with Gasteiger partial charge in [-0.1, -0.05) is 12.1 Å². The highest BCUT2D eigenvalue weighted by molar-refractivity contribution is 5.95. The van der Waals surface area contributed by atoms with Crippen molar-refractivity contribution >= 4 is 28.6 Å². The normalized spacial score (nSPS) is 10.7. The maximum absolute atomic E-state index is 12.7. The van der Waals surface area contributed by atoms with Crippen LogP contribution in [0.15, 0.2) is 47.4 Å². The largest absolute Gasteiger partial charge is 0.462 e. The van der Waals surface area contributed by atoms with Crippen LogP contribution >= 0.6 is 0 Å². The molecule has 7 nitrogen and oxygen atoms in total. The van der Waals surface area contributed by atoms with E-state index in [1.807, 2.05) is 25.1 Å². The summed E-state index contributed by atoms with van der Waals surface area (Å²) in [5, 5.41) is 3.08. The number of ether oxygens (including phenoxy) is 1. The van der Waals surface area contributed by atoms with Crippen molar-refractivity contribution in [1.82, 2.24) is 9.55 Å². The molecule has 0 atom stereocenters. The van der Waals surface area contributed by atoms with Crippen molar-refractivity contribution in [2.24, 2.45) is 0 Å². The van der Waals surface area contributed by atoms with Crippen LogP contribution in [0.2, 0.25) is 0 Å². The lowest BCUT2D eigenvalue weighted by Gasteiger charge is -2.13. The van der Waals surface area contributed by atoms with Crippen LogP contribution in [0, 0.1) is 13.8 Å². The van der Waals surface area contributed by atoms with Gasteiger partial charge in [0.1, 0.15) is 17.8 Å². The Morgan fingerprint density at radius 1 is 1.18 bits per heavy atom. The van der Waals surface area contributed by atoms with E-state index in [4.69, 9.17) is 4.74 Å². The maximum atomic E-state index is 12.7. The van der Waals surface area contributed by atoms with Crippen LogP contribution in [0.1, 0.15) is 28.5 Å². The number of aromatic nitrogens is 2. The van der Waals surface area contributed by atoms with Crippen molar-refractivity contribution in [1.29, 1.82) is 0 Å². The van der Waals surface area contributed by atoms with Gasteiger partial charge in [0.15, 0.2) is 0 Å². The van der Waals surface area contributed by atoms with Gasteiger partial charge in [-0.05, 0) is 50.6 Å². The minimum atomic E-state index is -0.720. The Morgan fingerprint density at radius 2 is 1.96 bits per heavy atom. The van der Waals surface area contributed by atoms with Gasteiger partial charge in [0.25, 0.3) is 0 Å². The highest BCUT2D eigenvalue weighted by Gasteiger charge is 2.18. The number of nitrogens with zero attached hydrogens (tertiary/aromatic N) is 2. The number of amides is 1. The number of hydrogen-bond donors (Lipinski definition) is 1. The fourth-order valence-electron chi connectivity index (χ4n) is 2.91. The summed E-state index contributed by atoms with van der Waals surface area (Å²) in [6.45, 7) is 5.44. The summed E-state index contributed by atoms with van der Waals surface area (Å²) in [4.78, 5) is 41.8. The molecule has 7 heteroatoms. The molecule has 0 spiro atoms. The van der Waals surface area contributed by atoms with Crippen LogP contribution in [-0.2, 0) is 16.1 Å². The van der Waals surface area contributed by atoms with Gasteiger partial charge in [0, 0.05) is 17.6 Å². The molecule has 0 aliphatic heterocycles. The second-order valence-corrected chi connectivity index (χ2v) is 6.46. The van der Waals surface area contributed by atoms with E-state index < -0.39 is 11.4 Å². The van der Waals surface area contributed by atoms with Crippen LogP contribution in [0.25, 0.3) is 11.0 Å². The average Bonchev–Trinajstić information content (AvgIpc) is 2.64. The summed E-state index contributed by atoms with van der Waals surface area (Å²) in [5.41, 5.74) is 2.15. The number of hydrogen-bond acceptors (Lipinski definition) is 5. The number of carbonyl (C=O) groups excluding carboxylic acids is 2. The van der Waals surface area contributed by atoms with E-state index in [0.717, 1.165) is 5.56 Å². The quantitative estimate of drug-likeness (QED) is 0.689. The van der Waals surface area contributed by atoms with E-state index in [0.29, 0.717) is 17.0 Å². The number of aryl methyl sites for hydroxylation is 2. The summed E-state index contributed by atoms with van der Waals surface area (Å²) >= 11 is 0. The lowest BCUT2D eigenvalue weighted by molar-refractivity contribution is -0.116. The fourth-order valence-corrected chi connectivity index (χ4v) is 2.91. The summed E-state index contributed by atoms with van der Waals surface area (Å²) in [6, 6.07) is 10.7. The second kappa shape index (κ2) is 8.04. The van der Waals surface area contributed by atoms with Gasteiger partial charge in [0.2, 0.25) is 11.3 Å². The zero-order chi connectivity index (χ0) is 20.3. The summed E-state index contributed by atoms with van der Waals surface area (Å²) < 4.78 is 6.48. The molecule has 28 heavy (non-hydrogen) atoms. The third kappa shape index (κ3) is 4.09. The molecule has 144 valence electrons. The molecular weight excluding hydrogens is 358 g/mol. The van der Waals surface area contributed by atoms with Crippen LogP contribution in [0.4, 0.5) is 5.69 Å². The van der Waals surface area contributed by atoms with Gasteiger partial charge in [-0.15, -0.1) is 0 Å². The number of benzene rings is 1. The number of nitrogens with one attached hydrogen (secondary N) is 1. The van der Waals surface area contributed by atoms with Gasteiger partial charge in [-0.2, -0.15) is 0 Å². The molecule has 3 aromatic rings. The molecule has 0 bridgehead atoms. The molecule has 0 fully saturated rings. The van der Waals surface area contributed by atoms with Gasteiger partial charge < -0.3 is 14.6 Å². The Hall–Kier alpha value is -3.48.